The first-order valence-corrected chi connectivity index (χ1v) is 14.8. The zero-order valence-corrected chi connectivity index (χ0v) is 24.4. The lowest BCUT2D eigenvalue weighted by atomic mass is 9.83. The second-order valence-corrected chi connectivity index (χ2v) is 11.4. The summed E-state index contributed by atoms with van der Waals surface area (Å²) in [6.45, 7) is 4.24. The average molecular weight is 593 g/mol. The Labute approximate surface area is 250 Å². The van der Waals surface area contributed by atoms with E-state index >= 15 is 0 Å². The van der Waals surface area contributed by atoms with Gasteiger partial charge in [-0.3, -0.25) is 14.3 Å². The van der Waals surface area contributed by atoms with Gasteiger partial charge in [0.25, 0.3) is 5.91 Å². The van der Waals surface area contributed by atoms with Crippen molar-refractivity contribution < 1.29 is 19.8 Å². The Kier molecular flexibility index (Phi) is 9.37. The molecule has 3 atom stereocenters. The van der Waals surface area contributed by atoms with Gasteiger partial charge in [0.2, 0.25) is 5.91 Å². The predicted octanol–water partition coefficient (Wildman–Crippen LogP) is 3.42. The summed E-state index contributed by atoms with van der Waals surface area (Å²) in [6, 6.07) is 12.6. The van der Waals surface area contributed by atoms with Gasteiger partial charge in [0.15, 0.2) is 5.60 Å². The van der Waals surface area contributed by atoms with Gasteiger partial charge in [0.1, 0.15) is 0 Å². The molecule has 11 heteroatoms. The second kappa shape index (κ2) is 13.2. The second-order valence-electron chi connectivity index (χ2n) is 11.0. The molecule has 2 aliphatic heterocycles. The number of carbonyl (C=O) groups is 2. The van der Waals surface area contributed by atoms with Gasteiger partial charge in [-0.2, -0.15) is 0 Å². The largest absolute Gasteiger partial charge is 0.396 e. The molecule has 0 aliphatic carbocycles. The zero-order valence-electron chi connectivity index (χ0n) is 23.7. The monoisotopic (exact) mass is 592 g/mol. The van der Waals surface area contributed by atoms with Gasteiger partial charge in [0.05, 0.1) is 23.8 Å². The van der Waals surface area contributed by atoms with Gasteiger partial charge in [-0.1, -0.05) is 48.0 Å². The molecule has 222 valence electrons. The number of benzene rings is 2. The van der Waals surface area contributed by atoms with Crippen molar-refractivity contribution in [2.24, 2.45) is 11.8 Å². The lowest BCUT2D eigenvalue weighted by Crippen LogP contribution is -2.44. The Balaban J connectivity index is 1.30. The van der Waals surface area contributed by atoms with Crippen molar-refractivity contribution in [2.75, 3.05) is 29.9 Å². The molecule has 1 fully saturated rings. The van der Waals surface area contributed by atoms with Crippen molar-refractivity contribution in [1.29, 1.82) is 0 Å². The van der Waals surface area contributed by atoms with Crippen LogP contribution in [-0.2, 0) is 34.7 Å². The highest BCUT2D eigenvalue weighted by Gasteiger charge is 2.52. The van der Waals surface area contributed by atoms with Gasteiger partial charge in [0, 0.05) is 54.5 Å². The molecule has 0 spiro atoms. The van der Waals surface area contributed by atoms with E-state index in [9.17, 15) is 14.7 Å². The number of nitrogens with one attached hydrogen (secondary N) is 2. The minimum absolute atomic E-state index is 0.0130. The number of amides is 2. The molecule has 2 amide bonds. The van der Waals surface area contributed by atoms with Crippen LogP contribution in [0, 0.1) is 11.8 Å². The summed E-state index contributed by atoms with van der Waals surface area (Å²) < 4.78 is 1.70. The molecule has 3 heterocycles. The summed E-state index contributed by atoms with van der Waals surface area (Å²) in [5.74, 6) is -1.04. The van der Waals surface area contributed by atoms with E-state index in [0.29, 0.717) is 47.9 Å². The van der Waals surface area contributed by atoms with E-state index in [1.54, 1.807) is 34.0 Å². The predicted molar refractivity (Wildman–Crippen MR) is 161 cm³/mol. The van der Waals surface area contributed by atoms with Crippen molar-refractivity contribution in [1.82, 2.24) is 20.3 Å². The van der Waals surface area contributed by atoms with Crippen molar-refractivity contribution >= 4 is 34.8 Å². The quantitative estimate of drug-likeness (QED) is 0.251. The maximum atomic E-state index is 13.9. The maximum absolute atomic E-state index is 13.9. The number of hydrogen-bond donors (Lipinski definition) is 4. The number of rotatable bonds is 11. The molecule has 5 rings (SSSR count). The van der Waals surface area contributed by atoms with Gasteiger partial charge in [-0.15, -0.1) is 5.10 Å². The molecule has 1 unspecified atom stereocenters. The minimum atomic E-state index is -1.79. The highest BCUT2D eigenvalue weighted by molar-refractivity contribution is 6.31. The Morgan fingerprint density at radius 3 is 2.95 bits per heavy atom. The van der Waals surface area contributed by atoms with Crippen LogP contribution in [0.25, 0.3) is 0 Å². The molecular weight excluding hydrogens is 556 g/mol. The van der Waals surface area contributed by atoms with E-state index in [2.05, 4.69) is 20.9 Å². The smallest absolute Gasteiger partial charge is 0.264 e. The van der Waals surface area contributed by atoms with Crippen molar-refractivity contribution in [3.8, 4) is 0 Å². The van der Waals surface area contributed by atoms with Crippen molar-refractivity contribution in [3.05, 3.63) is 82.7 Å². The molecule has 0 radical (unpaired) electrons. The number of aromatic nitrogens is 3. The maximum Gasteiger partial charge on any atom is 0.264 e. The van der Waals surface area contributed by atoms with E-state index in [-0.39, 0.29) is 25.0 Å². The number of hydrogen-bond acceptors (Lipinski definition) is 7. The Hall–Kier alpha value is -3.57. The minimum Gasteiger partial charge on any atom is -0.396 e. The SMILES string of the molecule is C[C@@H](/C=C/CCn1cc(CCO)nn1)[C@]1(O)C(=O)N(Cc2cccc(NC(=O)C3CCCNC3)c2)c2ccc(Cl)cc21. The summed E-state index contributed by atoms with van der Waals surface area (Å²) in [4.78, 5) is 28.3. The number of carbonyl (C=O) groups excluding carboxylic acids is 2. The van der Waals surface area contributed by atoms with E-state index in [1.807, 2.05) is 43.3 Å². The number of halogens is 1. The lowest BCUT2D eigenvalue weighted by Gasteiger charge is -2.28. The molecule has 1 aromatic heterocycles. The van der Waals surface area contributed by atoms with Crippen molar-refractivity contribution in [3.63, 3.8) is 0 Å². The molecule has 10 nitrogen and oxygen atoms in total. The van der Waals surface area contributed by atoms with Crippen LogP contribution in [0.4, 0.5) is 11.4 Å². The van der Waals surface area contributed by atoms with Crippen LogP contribution in [0.3, 0.4) is 0 Å². The van der Waals surface area contributed by atoms with Crippen LogP contribution < -0.4 is 15.5 Å². The number of piperidine rings is 1. The summed E-state index contributed by atoms with van der Waals surface area (Å²) in [7, 11) is 0. The molecule has 3 aromatic rings. The van der Waals surface area contributed by atoms with E-state index in [1.165, 1.54) is 0 Å². The first-order chi connectivity index (χ1) is 20.3. The molecular formula is C31H37ClN6O4. The van der Waals surface area contributed by atoms with Gasteiger partial charge >= 0.3 is 0 Å². The number of aryl methyl sites for hydroxylation is 1. The third-order valence-electron chi connectivity index (χ3n) is 8.00. The fourth-order valence-electron chi connectivity index (χ4n) is 5.65. The van der Waals surface area contributed by atoms with E-state index in [0.717, 1.165) is 30.6 Å². The van der Waals surface area contributed by atoms with Crippen LogP contribution in [0.15, 0.2) is 60.8 Å². The molecule has 2 aromatic carbocycles. The molecule has 2 aliphatic rings. The van der Waals surface area contributed by atoms with E-state index in [4.69, 9.17) is 16.7 Å². The van der Waals surface area contributed by atoms with Crippen LogP contribution >= 0.6 is 11.6 Å². The summed E-state index contributed by atoms with van der Waals surface area (Å²) in [6.07, 6.45) is 8.47. The first-order valence-electron chi connectivity index (χ1n) is 14.4. The van der Waals surface area contributed by atoms with Crippen LogP contribution in [0.1, 0.15) is 43.0 Å². The normalized spacial score (nSPS) is 21.1. The topological polar surface area (TPSA) is 133 Å². The van der Waals surface area contributed by atoms with Crippen LogP contribution in [0.5, 0.6) is 0 Å². The number of allylic oxidation sites excluding steroid dienone is 1. The standard InChI is InChI=1S/C31H37ClN6O4/c1-21(6-2-3-14-37-20-26(12-15-39)35-36-37)31(42)27-17-24(32)10-11-28(27)38(30(31)41)19-22-7-4-9-25(16-22)34-29(40)23-8-5-13-33-18-23/h2,4,6-7,9-11,16-17,20-21,23,33,39,42H,3,5,8,12-15,18-19H2,1H3,(H,34,40)/b6-2+/t21-,23?,31+/m0/s1. The van der Waals surface area contributed by atoms with Crippen molar-refractivity contribution in [2.45, 2.75) is 51.3 Å². The highest BCUT2D eigenvalue weighted by Crippen LogP contribution is 2.46. The average Bonchev–Trinajstić information content (AvgIpc) is 3.52. The number of nitrogens with zero attached hydrogens (tertiary/aromatic N) is 4. The molecule has 0 saturated carbocycles. The molecule has 4 N–H and O–H groups in total. The van der Waals surface area contributed by atoms with Crippen LogP contribution in [-0.4, -0.2) is 56.7 Å². The Morgan fingerprint density at radius 1 is 1.31 bits per heavy atom. The number of anilines is 2. The first kappa shape index (κ1) is 29.9. The fraction of sp³-hybridized carbons (Fsp3) is 0.419. The molecule has 1 saturated heterocycles. The van der Waals surface area contributed by atoms with Gasteiger partial charge < -0.3 is 25.7 Å². The number of aliphatic hydroxyl groups is 2. The zero-order chi connectivity index (χ0) is 29.7. The van der Waals surface area contributed by atoms with Gasteiger partial charge in [-0.25, -0.2) is 0 Å². The Bertz CT molecular complexity index is 1450. The lowest BCUT2D eigenvalue weighted by molar-refractivity contribution is -0.139. The van der Waals surface area contributed by atoms with Crippen LogP contribution in [0.2, 0.25) is 5.02 Å². The summed E-state index contributed by atoms with van der Waals surface area (Å²) in [5.41, 5.74) is 1.50. The highest BCUT2D eigenvalue weighted by atomic mass is 35.5. The number of fused-ring (bicyclic) bond motifs is 1. The number of aliphatic hydroxyl groups excluding tert-OH is 1. The Morgan fingerprint density at radius 2 is 2.17 bits per heavy atom. The third-order valence-corrected chi connectivity index (χ3v) is 8.23. The van der Waals surface area contributed by atoms with Gasteiger partial charge in [-0.05, 0) is 61.7 Å². The fourth-order valence-corrected chi connectivity index (χ4v) is 5.82. The molecule has 42 heavy (non-hydrogen) atoms. The summed E-state index contributed by atoms with van der Waals surface area (Å²) >= 11 is 6.33. The van der Waals surface area contributed by atoms with E-state index < -0.39 is 17.4 Å². The molecule has 0 bridgehead atoms. The third kappa shape index (κ3) is 6.42. The summed E-state index contributed by atoms with van der Waals surface area (Å²) in [5, 5.41) is 35.8.